The molecule has 5 nitrogen and oxygen atoms in total. The topological polar surface area (TPSA) is 76.4 Å². The van der Waals surface area contributed by atoms with Gasteiger partial charge in [-0.05, 0) is 12.1 Å². The molecule has 0 unspecified atom stereocenters. The molecular formula is C15H15NO4S. The first-order valence-corrected chi connectivity index (χ1v) is 7.88. The molecule has 0 aliphatic rings. The molecule has 0 fully saturated rings. The zero-order valence-electron chi connectivity index (χ0n) is 11.3. The van der Waals surface area contributed by atoms with E-state index in [1.165, 1.54) is 16.7 Å². The van der Waals surface area contributed by atoms with Crippen LogP contribution in [0.15, 0.2) is 59.3 Å². The molecule has 0 spiro atoms. The standard InChI is InChI=1S/C15H15NO4S/c1-3-9-16-12-8-6-5-7-11(12)13(17)14(15(16)18)21(19,20)10-4-2/h3-8,17H,1-2,9-10H2. The largest absolute Gasteiger partial charge is 0.506 e. The third kappa shape index (κ3) is 2.50. The monoisotopic (exact) mass is 305 g/mol. The number of hydrogen-bond acceptors (Lipinski definition) is 4. The molecule has 0 saturated carbocycles. The van der Waals surface area contributed by atoms with Gasteiger partial charge in [0.05, 0.1) is 11.3 Å². The van der Waals surface area contributed by atoms with E-state index in [-0.39, 0.29) is 6.54 Å². The van der Waals surface area contributed by atoms with Crippen molar-refractivity contribution in [3.05, 3.63) is 59.9 Å². The van der Waals surface area contributed by atoms with Gasteiger partial charge in [0.25, 0.3) is 5.56 Å². The molecule has 6 heteroatoms. The summed E-state index contributed by atoms with van der Waals surface area (Å²) in [6, 6.07) is 6.58. The van der Waals surface area contributed by atoms with Gasteiger partial charge >= 0.3 is 0 Å². The van der Waals surface area contributed by atoms with Gasteiger partial charge in [0.15, 0.2) is 14.7 Å². The van der Waals surface area contributed by atoms with Crippen molar-refractivity contribution < 1.29 is 13.5 Å². The van der Waals surface area contributed by atoms with E-state index in [4.69, 9.17) is 0 Å². The minimum atomic E-state index is -3.94. The van der Waals surface area contributed by atoms with Crippen molar-refractivity contribution >= 4 is 20.7 Å². The van der Waals surface area contributed by atoms with Crippen LogP contribution in [0.25, 0.3) is 10.9 Å². The molecule has 0 bridgehead atoms. The lowest BCUT2D eigenvalue weighted by Crippen LogP contribution is -2.27. The Morgan fingerprint density at radius 3 is 2.48 bits per heavy atom. The van der Waals surface area contributed by atoms with Crippen LogP contribution in [0.5, 0.6) is 5.75 Å². The molecule has 2 rings (SSSR count). The fourth-order valence-electron chi connectivity index (χ4n) is 2.19. The average molecular weight is 305 g/mol. The van der Waals surface area contributed by atoms with Crippen molar-refractivity contribution in [2.24, 2.45) is 0 Å². The van der Waals surface area contributed by atoms with Gasteiger partial charge in [-0.3, -0.25) is 4.79 Å². The van der Waals surface area contributed by atoms with E-state index in [0.717, 1.165) is 0 Å². The molecule has 0 radical (unpaired) electrons. The van der Waals surface area contributed by atoms with E-state index in [9.17, 15) is 18.3 Å². The molecule has 1 N–H and O–H groups in total. The van der Waals surface area contributed by atoms with Crippen LogP contribution < -0.4 is 5.56 Å². The van der Waals surface area contributed by atoms with Crippen molar-refractivity contribution in [2.75, 3.05) is 5.75 Å². The van der Waals surface area contributed by atoms with E-state index < -0.39 is 31.8 Å². The van der Waals surface area contributed by atoms with Crippen LogP contribution in [0.2, 0.25) is 0 Å². The smallest absolute Gasteiger partial charge is 0.274 e. The molecule has 21 heavy (non-hydrogen) atoms. The summed E-state index contributed by atoms with van der Waals surface area (Å²) in [7, 11) is -3.94. The number of para-hydroxylation sites is 1. The maximum Gasteiger partial charge on any atom is 0.274 e. The van der Waals surface area contributed by atoms with Crippen LogP contribution in [0.1, 0.15) is 0 Å². The fourth-order valence-corrected chi connectivity index (χ4v) is 3.45. The van der Waals surface area contributed by atoms with Crippen molar-refractivity contribution in [3.63, 3.8) is 0 Å². The number of nitrogens with zero attached hydrogens (tertiary/aromatic N) is 1. The Balaban J connectivity index is 3.00. The molecule has 0 aliphatic heterocycles. The molecule has 110 valence electrons. The van der Waals surface area contributed by atoms with Crippen LogP contribution >= 0.6 is 0 Å². The Morgan fingerprint density at radius 1 is 1.19 bits per heavy atom. The zero-order chi connectivity index (χ0) is 15.6. The molecule has 1 heterocycles. The van der Waals surface area contributed by atoms with Crippen LogP contribution in [0.3, 0.4) is 0 Å². The number of allylic oxidation sites excluding steroid dienone is 1. The average Bonchev–Trinajstić information content (AvgIpc) is 2.43. The lowest BCUT2D eigenvalue weighted by atomic mass is 10.2. The van der Waals surface area contributed by atoms with Gasteiger partial charge in [0, 0.05) is 11.9 Å². The van der Waals surface area contributed by atoms with Crippen molar-refractivity contribution in [1.29, 1.82) is 0 Å². The quantitative estimate of drug-likeness (QED) is 0.855. The minimum absolute atomic E-state index is 0.149. The number of aromatic nitrogens is 1. The maximum absolute atomic E-state index is 12.5. The van der Waals surface area contributed by atoms with Gasteiger partial charge in [-0.15, -0.1) is 13.2 Å². The van der Waals surface area contributed by atoms with E-state index in [2.05, 4.69) is 13.2 Å². The van der Waals surface area contributed by atoms with Crippen LogP contribution in [-0.4, -0.2) is 23.8 Å². The van der Waals surface area contributed by atoms with Gasteiger partial charge in [-0.2, -0.15) is 0 Å². The molecule has 0 amide bonds. The number of sulfone groups is 1. The second-order valence-corrected chi connectivity index (χ2v) is 6.44. The highest BCUT2D eigenvalue weighted by Crippen LogP contribution is 2.29. The first-order chi connectivity index (χ1) is 9.94. The summed E-state index contributed by atoms with van der Waals surface area (Å²) in [6.07, 6.45) is 2.68. The summed E-state index contributed by atoms with van der Waals surface area (Å²) in [5.74, 6) is -0.930. The molecule has 0 atom stereocenters. The van der Waals surface area contributed by atoms with E-state index >= 15 is 0 Å². The number of aromatic hydroxyl groups is 1. The second kappa shape index (κ2) is 5.57. The summed E-state index contributed by atoms with van der Waals surface area (Å²) in [5, 5.41) is 10.5. The van der Waals surface area contributed by atoms with Crippen molar-refractivity contribution in [3.8, 4) is 5.75 Å². The predicted octanol–water partition coefficient (Wildman–Crippen LogP) is 1.85. The van der Waals surface area contributed by atoms with Gasteiger partial charge in [0.1, 0.15) is 5.75 Å². The summed E-state index contributed by atoms with van der Waals surface area (Å²) >= 11 is 0. The van der Waals surface area contributed by atoms with Crippen LogP contribution in [0.4, 0.5) is 0 Å². The highest BCUT2D eigenvalue weighted by atomic mass is 32.2. The van der Waals surface area contributed by atoms with Gasteiger partial charge in [0.2, 0.25) is 0 Å². The summed E-state index contributed by atoms with van der Waals surface area (Å²) < 4.78 is 25.7. The Morgan fingerprint density at radius 2 is 1.86 bits per heavy atom. The van der Waals surface area contributed by atoms with Crippen molar-refractivity contribution in [2.45, 2.75) is 11.4 Å². The number of rotatable bonds is 5. The van der Waals surface area contributed by atoms with Gasteiger partial charge < -0.3 is 9.67 Å². The van der Waals surface area contributed by atoms with Crippen molar-refractivity contribution in [1.82, 2.24) is 4.57 Å². The third-order valence-corrected chi connectivity index (χ3v) is 4.73. The first-order valence-electron chi connectivity index (χ1n) is 6.23. The number of benzene rings is 1. The predicted molar refractivity (Wildman–Crippen MR) is 82.3 cm³/mol. The molecule has 0 aliphatic carbocycles. The second-order valence-electron chi connectivity index (χ2n) is 4.47. The lowest BCUT2D eigenvalue weighted by molar-refractivity contribution is 0.460. The number of fused-ring (bicyclic) bond motifs is 1. The van der Waals surface area contributed by atoms with E-state index in [1.807, 2.05) is 0 Å². The number of pyridine rings is 1. The summed E-state index contributed by atoms with van der Waals surface area (Å²) in [5.41, 5.74) is -0.301. The third-order valence-electron chi connectivity index (χ3n) is 3.06. The normalized spacial score (nSPS) is 11.4. The van der Waals surface area contributed by atoms with E-state index in [1.54, 1.807) is 24.3 Å². The highest BCUT2D eigenvalue weighted by Gasteiger charge is 2.26. The lowest BCUT2D eigenvalue weighted by Gasteiger charge is -2.13. The summed E-state index contributed by atoms with van der Waals surface area (Å²) in [6.45, 7) is 7.08. The molecule has 2 aromatic rings. The van der Waals surface area contributed by atoms with Gasteiger partial charge in [-0.1, -0.05) is 24.3 Å². The Hall–Kier alpha value is -2.34. The molecular weight excluding hydrogens is 290 g/mol. The Bertz CT molecular complexity index is 878. The number of hydrogen-bond donors (Lipinski definition) is 1. The van der Waals surface area contributed by atoms with Crippen LogP contribution in [-0.2, 0) is 16.4 Å². The summed E-state index contributed by atoms with van der Waals surface area (Å²) in [4.78, 5) is 11.9. The fraction of sp³-hybridized carbons (Fsp3) is 0.133. The Labute approximate surface area is 122 Å². The highest BCUT2D eigenvalue weighted by molar-refractivity contribution is 7.91. The van der Waals surface area contributed by atoms with E-state index in [0.29, 0.717) is 10.9 Å². The maximum atomic E-state index is 12.5. The van der Waals surface area contributed by atoms with Crippen LogP contribution in [0, 0.1) is 0 Å². The van der Waals surface area contributed by atoms with Gasteiger partial charge in [-0.25, -0.2) is 8.42 Å². The molecule has 1 aromatic heterocycles. The SMILES string of the molecule is C=CCn1c(=O)c(S(=O)(=O)CC=C)c(O)c2ccccc21. The first kappa shape index (κ1) is 15.1. The molecule has 1 aromatic carbocycles. The Kier molecular flexibility index (Phi) is 3.99. The minimum Gasteiger partial charge on any atom is -0.506 e. The molecule has 0 saturated heterocycles. The zero-order valence-corrected chi connectivity index (χ0v) is 12.1.